The molecule has 0 aliphatic carbocycles. The molecule has 1 aliphatic rings. The van der Waals surface area contributed by atoms with Gasteiger partial charge in [0.2, 0.25) is 0 Å². The summed E-state index contributed by atoms with van der Waals surface area (Å²) in [7, 11) is 3.17. The number of hydrogen-bond acceptors (Lipinski definition) is 5. The van der Waals surface area contributed by atoms with Crippen molar-refractivity contribution in [2.45, 2.75) is 33.4 Å². The fourth-order valence-electron chi connectivity index (χ4n) is 3.65. The minimum atomic E-state index is -0.122. The first-order valence-electron chi connectivity index (χ1n) is 10.4. The molecule has 0 saturated heterocycles. The lowest BCUT2D eigenvalue weighted by molar-refractivity contribution is -0.110. The molecule has 1 heterocycles. The van der Waals surface area contributed by atoms with Crippen molar-refractivity contribution >= 4 is 22.9 Å². The number of carbonyl (C=O) groups excluding carboxylic acids is 1. The molecule has 0 radical (unpaired) electrons. The van der Waals surface area contributed by atoms with Crippen LogP contribution in [-0.4, -0.2) is 44.2 Å². The van der Waals surface area contributed by atoms with Gasteiger partial charge in [-0.05, 0) is 49.9 Å². The molecule has 2 N–H and O–H groups in total. The fourth-order valence-corrected chi connectivity index (χ4v) is 3.65. The SMILES string of the molecule is CCN(CC)Cc1ccc(NC(C)C=C2C(=O)Nc3cc(OC)c(OC)cc32)cc1. The molecule has 0 bridgehead atoms. The molecule has 1 atom stereocenters. The number of carbonyl (C=O) groups is 1. The zero-order chi connectivity index (χ0) is 21.7. The second-order valence-electron chi connectivity index (χ2n) is 7.38. The van der Waals surface area contributed by atoms with E-state index in [4.69, 9.17) is 9.47 Å². The molecule has 1 unspecified atom stereocenters. The van der Waals surface area contributed by atoms with Crippen molar-refractivity contribution < 1.29 is 14.3 Å². The summed E-state index contributed by atoms with van der Waals surface area (Å²) >= 11 is 0. The highest BCUT2D eigenvalue weighted by molar-refractivity contribution is 6.31. The van der Waals surface area contributed by atoms with Crippen molar-refractivity contribution in [1.29, 1.82) is 0 Å². The van der Waals surface area contributed by atoms with Crippen LogP contribution in [0.1, 0.15) is 31.9 Å². The highest BCUT2D eigenvalue weighted by Gasteiger charge is 2.27. The number of rotatable bonds is 9. The van der Waals surface area contributed by atoms with Gasteiger partial charge < -0.3 is 20.1 Å². The van der Waals surface area contributed by atoms with Crippen LogP contribution >= 0.6 is 0 Å². The molecule has 2 aromatic carbocycles. The van der Waals surface area contributed by atoms with E-state index in [1.165, 1.54) is 5.56 Å². The zero-order valence-electron chi connectivity index (χ0n) is 18.4. The lowest BCUT2D eigenvalue weighted by atomic mass is 10.0. The van der Waals surface area contributed by atoms with Gasteiger partial charge in [-0.3, -0.25) is 9.69 Å². The molecule has 3 rings (SSSR count). The summed E-state index contributed by atoms with van der Waals surface area (Å²) in [4.78, 5) is 14.9. The number of benzene rings is 2. The topological polar surface area (TPSA) is 62.8 Å². The quantitative estimate of drug-likeness (QED) is 0.602. The van der Waals surface area contributed by atoms with E-state index < -0.39 is 0 Å². The van der Waals surface area contributed by atoms with Gasteiger partial charge >= 0.3 is 0 Å². The van der Waals surface area contributed by atoms with E-state index in [9.17, 15) is 4.79 Å². The van der Waals surface area contributed by atoms with Crippen molar-refractivity contribution in [2.75, 3.05) is 37.9 Å². The van der Waals surface area contributed by atoms with Crippen LogP contribution in [-0.2, 0) is 11.3 Å². The van der Waals surface area contributed by atoms with Crippen molar-refractivity contribution in [1.82, 2.24) is 4.90 Å². The second-order valence-corrected chi connectivity index (χ2v) is 7.38. The molecule has 30 heavy (non-hydrogen) atoms. The van der Waals surface area contributed by atoms with Crippen LogP contribution in [0.25, 0.3) is 5.57 Å². The molecule has 160 valence electrons. The second kappa shape index (κ2) is 9.67. The van der Waals surface area contributed by atoms with Gasteiger partial charge in [-0.2, -0.15) is 0 Å². The summed E-state index contributed by atoms with van der Waals surface area (Å²) in [5, 5.41) is 6.36. The maximum atomic E-state index is 12.5. The van der Waals surface area contributed by atoms with E-state index >= 15 is 0 Å². The van der Waals surface area contributed by atoms with Crippen molar-refractivity contribution in [3.8, 4) is 11.5 Å². The van der Waals surface area contributed by atoms with Gasteiger partial charge in [0.05, 0.1) is 19.9 Å². The highest BCUT2D eigenvalue weighted by Crippen LogP contribution is 2.40. The van der Waals surface area contributed by atoms with E-state index in [1.54, 1.807) is 20.3 Å². The number of methoxy groups -OCH3 is 2. The Kier molecular flexibility index (Phi) is 7.00. The average Bonchev–Trinajstić information content (AvgIpc) is 3.06. The average molecular weight is 410 g/mol. The third-order valence-electron chi connectivity index (χ3n) is 5.37. The standard InChI is InChI=1S/C24H31N3O3/c1-6-27(7-2)15-17-8-10-18(11-9-17)25-16(3)12-20-19-13-22(29-4)23(30-5)14-21(19)26-24(20)28/h8-14,16,25H,6-7,15H2,1-5H3,(H,26,28). The van der Waals surface area contributed by atoms with Crippen LogP contribution in [0.2, 0.25) is 0 Å². The van der Waals surface area contributed by atoms with Crippen LogP contribution in [0, 0.1) is 0 Å². The number of amides is 1. The molecule has 0 fully saturated rings. The summed E-state index contributed by atoms with van der Waals surface area (Å²) in [6.07, 6.45) is 1.94. The molecular formula is C24H31N3O3. The first-order chi connectivity index (χ1) is 14.5. The fraction of sp³-hybridized carbons (Fsp3) is 0.375. The van der Waals surface area contributed by atoms with Crippen LogP contribution in [0.4, 0.5) is 11.4 Å². The van der Waals surface area contributed by atoms with Crippen molar-refractivity contribution in [3.63, 3.8) is 0 Å². The minimum Gasteiger partial charge on any atom is -0.493 e. The van der Waals surface area contributed by atoms with Gasteiger partial charge in [0.15, 0.2) is 11.5 Å². The van der Waals surface area contributed by atoms with E-state index in [0.29, 0.717) is 17.1 Å². The predicted molar refractivity (Wildman–Crippen MR) is 122 cm³/mol. The summed E-state index contributed by atoms with van der Waals surface area (Å²) in [6, 6.07) is 12.1. The molecule has 0 saturated carbocycles. The van der Waals surface area contributed by atoms with E-state index in [2.05, 4.69) is 53.6 Å². The van der Waals surface area contributed by atoms with Gasteiger partial charge in [0, 0.05) is 35.5 Å². The van der Waals surface area contributed by atoms with Crippen LogP contribution in [0.5, 0.6) is 11.5 Å². The Morgan fingerprint density at radius 2 is 1.70 bits per heavy atom. The molecule has 1 amide bonds. The van der Waals surface area contributed by atoms with Gasteiger partial charge in [-0.25, -0.2) is 0 Å². The highest BCUT2D eigenvalue weighted by atomic mass is 16.5. The lowest BCUT2D eigenvalue weighted by Gasteiger charge is -2.18. The van der Waals surface area contributed by atoms with Gasteiger partial charge in [0.1, 0.15) is 0 Å². The normalized spacial score (nSPS) is 15.1. The third-order valence-corrected chi connectivity index (χ3v) is 5.37. The Hall–Kier alpha value is -2.99. The summed E-state index contributed by atoms with van der Waals surface area (Å²) in [6.45, 7) is 9.43. The lowest BCUT2D eigenvalue weighted by Crippen LogP contribution is -2.22. The molecule has 1 aliphatic heterocycles. The van der Waals surface area contributed by atoms with E-state index in [1.807, 2.05) is 19.1 Å². The minimum absolute atomic E-state index is 0.0292. The maximum Gasteiger partial charge on any atom is 0.256 e. The predicted octanol–water partition coefficient (Wildman–Crippen LogP) is 4.38. The molecule has 2 aromatic rings. The Labute approximate surface area is 178 Å². The summed E-state index contributed by atoms with van der Waals surface area (Å²) < 4.78 is 10.7. The Morgan fingerprint density at radius 1 is 1.07 bits per heavy atom. The first-order valence-corrected chi connectivity index (χ1v) is 10.4. The molecular weight excluding hydrogens is 378 g/mol. The van der Waals surface area contributed by atoms with Crippen molar-refractivity contribution in [2.24, 2.45) is 0 Å². The van der Waals surface area contributed by atoms with Gasteiger partial charge in [0.25, 0.3) is 5.91 Å². The first kappa shape index (κ1) is 21.7. The van der Waals surface area contributed by atoms with Gasteiger partial charge in [-0.1, -0.05) is 26.0 Å². The zero-order valence-corrected chi connectivity index (χ0v) is 18.4. The van der Waals surface area contributed by atoms with Crippen LogP contribution in [0.15, 0.2) is 42.5 Å². The third kappa shape index (κ3) is 4.76. The Bertz CT molecular complexity index is 918. The van der Waals surface area contributed by atoms with Crippen molar-refractivity contribution in [3.05, 3.63) is 53.6 Å². The maximum absolute atomic E-state index is 12.5. The van der Waals surface area contributed by atoms with Crippen LogP contribution in [0.3, 0.4) is 0 Å². The molecule has 0 aromatic heterocycles. The number of nitrogens with one attached hydrogen (secondary N) is 2. The number of anilines is 2. The van der Waals surface area contributed by atoms with E-state index in [0.717, 1.165) is 36.6 Å². The number of nitrogens with zero attached hydrogens (tertiary/aromatic N) is 1. The van der Waals surface area contributed by atoms with E-state index in [-0.39, 0.29) is 11.9 Å². The number of fused-ring (bicyclic) bond motifs is 1. The smallest absolute Gasteiger partial charge is 0.256 e. The molecule has 6 nitrogen and oxygen atoms in total. The largest absolute Gasteiger partial charge is 0.493 e. The number of ether oxygens (including phenoxy) is 2. The number of hydrogen-bond donors (Lipinski definition) is 2. The summed E-state index contributed by atoms with van der Waals surface area (Å²) in [5.74, 6) is 1.07. The monoisotopic (exact) mass is 409 g/mol. The Balaban J connectivity index is 1.74. The molecule has 0 spiro atoms. The van der Waals surface area contributed by atoms with Gasteiger partial charge in [-0.15, -0.1) is 0 Å². The van der Waals surface area contributed by atoms with Crippen LogP contribution < -0.4 is 20.1 Å². The molecule has 6 heteroatoms. The Morgan fingerprint density at radius 3 is 2.30 bits per heavy atom. The summed E-state index contributed by atoms with van der Waals surface area (Å²) in [5.41, 5.74) is 4.50.